The van der Waals surface area contributed by atoms with E-state index in [0.717, 1.165) is 34.7 Å². The topological polar surface area (TPSA) is 52.9 Å². The van der Waals surface area contributed by atoms with Gasteiger partial charge in [-0.3, -0.25) is 4.79 Å². The van der Waals surface area contributed by atoms with Crippen molar-refractivity contribution in [2.45, 2.75) is 78.6 Å². The molecule has 0 saturated carbocycles. The molecule has 0 radical (unpaired) electrons. The van der Waals surface area contributed by atoms with E-state index in [2.05, 4.69) is 44.3 Å². The van der Waals surface area contributed by atoms with E-state index in [0.29, 0.717) is 12.0 Å². The number of rotatable bonds is 6. The summed E-state index contributed by atoms with van der Waals surface area (Å²) in [4.78, 5) is 15.5. The lowest BCUT2D eigenvalue weighted by Crippen LogP contribution is -2.36. The average Bonchev–Trinajstić information content (AvgIpc) is 3.05. The third kappa shape index (κ3) is 4.19. The normalized spacial score (nSPS) is 21.7. The summed E-state index contributed by atoms with van der Waals surface area (Å²) < 4.78 is 0. The molecule has 0 bridgehead atoms. The standard InChI is InChI=1S/C23H30N2OS/c1-5-6-7-8-9-16-10-11-20(27-16)21-17(14-24)15(2)25-18-12-23(3,4)13-19(26)22(18)21/h10-11,21,25H,5-9,12-13H2,1-4H3/t21-/m0/s1. The SMILES string of the molecule is CCCCCCc1ccc([C@@H]2C(C#N)=C(C)NC3=C2C(=O)CC(C)(C)C3)s1. The van der Waals surface area contributed by atoms with Crippen LogP contribution in [0.2, 0.25) is 0 Å². The van der Waals surface area contributed by atoms with E-state index >= 15 is 0 Å². The highest BCUT2D eigenvalue weighted by Crippen LogP contribution is 2.47. The van der Waals surface area contributed by atoms with E-state index < -0.39 is 0 Å². The summed E-state index contributed by atoms with van der Waals surface area (Å²) in [5.41, 5.74) is 3.41. The van der Waals surface area contributed by atoms with Gasteiger partial charge < -0.3 is 5.32 Å². The summed E-state index contributed by atoms with van der Waals surface area (Å²) in [5.74, 6) is 0.00105. The van der Waals surface area contributed by atoms with Crippen LogP contribution in [0.15, 0.2) is 34.7 Å². The number of nitrogens with one attached hydrogen (secondary N) is 1. The number of Topliss-reactive ketones (excluding diaryl/α,β-unsaturated/α-hetero) is 1. The Morgan fingerprint density at radius 3 is 2.74 bits per heavy atom. The fourth-order valence-corrected chi connectivity index (χ4v) is 5.45. The molecule has 1 aromatic rings. The molecule has 3 nitrogen and oxygen atoms in total. The lowest BCUT2D eigenvalue weighted by atomic mass is 9.70. The number of allylic oxidation sites excluding steroid dienone is 4. The van der Waals surface area contributed by atoms with Crippen LogP contribution in [0.25, 0.3) is 0 Å². The van der Waals surface area contributed by atoms with Crippen LogP contribution >= 0.6 is 11.3 Å². The van der Waals surface area contributed by atoms with Gasteiger partial charge in [0.1, 0.15) is 0 Å². The van der Waals surface area contributed by atoms with Crippen molar-refractivity contribution in [2.24, 2.45) is 5.41 Å². The first kappa shape index (κ1) is 19.9. The fourth-order valence-electron chi connectivity index (χ4n) is 4.28. The molecule has 2 aliphatic rings. The van der Waals surface area contributed by atoms with Crippen molar-refractivity contribution in [3.8, 4) is 6.07 Å². The van der Waals surface area contributed by atoms with Crippen molar-refractivity contribution in [2.75, 3.05) is 0 Å². The monoisotopic (exact) mass is 382 g/mol. The fraction of sp³-hybridized carbons (Fsp3) is 0.565. The van der Waals surface area contributed by atoms with Crippen LogP contribution in [0.1, 0.15) is 81.9 Å². The zero-order valence-electron chi connectivity index (χ0n) is 16.9. The van der Waals surface area contributed by atoms with Crippen molar-refractivity contribution in [1.82, 2.24) is 5.32 Å². The predicted molar refractivity (Wildman–Crippen MR) is 111 cm³/mol. The first-order chi connectivity index (χ1) is 12.9. The molecule has 0 amide bonds. The second-order valence-electron chi connectivity index (χ2n) is 8.66. The molecule has 1 aliphatic heterocycles. The molecular formula is C23H30N2OS. The van der Waals surface area contributed by atoms with Gasteiger partial charge >= 0.3 is 0 Å². The van der Waals surface area contributed by atoms with Crippen molar-refractivity contribution in [1.29, 1.82) is 5.26 Å². The van der Waals surface area contributed by atoms with Crippen molar-refractivity contribution in [3.63, 3.8) is 0 Å². The third-order valence-corrected chi connectivity index (χ3v) is 6.81. The molecule has 1 aliphatic carbocycles. The maximum atomic E-state index is 13.0. The summed E-state index contributed by atoms with van der Waals surface area (Å²) in [7, 11) is 0. The number of ketones is 1. The van der Waals surface area contributed by atoms with E-state index in [1.807, 2.05) is 6.92 Å². The zero-order valence-corrected chi connectivity index (χ0v) is 17.8. The van der Waals surface area contributed by atoms with Gasteiger partial charge in [0.15, 0.2) is 5.78 Å². The van der Waals surface area contributed by atoms with Gasteiger partial charge in [0.2, 0.25) is 0 Å². The van der Waals surface area contributed by atoms with Crippen LogP contribution in [-0.2, 0) is 11.2 Å². The molecular weight excluding hydrogens is 352 g/mol. The molecule has 0 spiro atoms. The van der Waals surface area contributed by atoms with Crippen molar-refractivity contribution in [3.05, 3.63) is 44.4 Å². The minimum absolute atomic E-state index is 0.0300. The van der Waals surface area contributed by atoms with Gasteiger partial charge in [-0.05, 0) is 43.7 Å². The van der Waals surface area contributed by atoms with E-state index in [9.17, 15) is 10.1 Å². The molecule has 4 heteroatoms. The van der Waals surface area contributed by atoms with Crippen molar-refractivity contribution < 1.29 is 4.79 Å². The molecule has 0 aromatic carbocycles. The number of hydrogen-bond donors (Lipinski definition) is 1. The highest BCUT2D eigenvalue weighted by molar-refractivity contribution is 7.12. The first-order valence-electron chi connectivity index (χ1n) is 10.1. The first-order valence-corrected chi connectivity index (χ1v) is 10.9. The Kier molecular flexibility index (Phi) is 5.91. The summed E-state index contributed by atoms with van der Waals surface area (Å²) in [6, 6.07) is 6.71. The number of nitriles is 1. The Labute approximate surface area is 167 Å². The van der Waals surface area contributed by atoms with E-state index in [4.69, 9.17) is 0 Å². The van der Waals surface area contributed by atoms with Gasteiger partial charge in [0.25, 0.3) is 0 Å². The summed E-state index contributed by atoms with van der Waals surface area (Å²) in [6.07, 6.45) is 7.51. The average molecular weight is 383 g/mol. The zero-order chi connectivity index (χ0) is 19.6. The Morgan fingerprint density at radius 2 is 2.04 bits per heavy atom. The molecule has 1 N–H and O–H groups in total. The Hall–Kier alpha value is -1.86. The molecule has 2 heterocycles. The quantitative estimate of drug-likeness (QED) is 0.614. The van der Waals surface area contributed by atoms with Gasteiger partial charge in [-0.1, -0.05) is 40.0 Å². The van der Waals surface area contributed by atoms with Gasteiger partial charge in [-0.15, -0.1) is 11.3 Å². The molecule has 27 heavy (non-hydrogen) atoms. The molecule has 0 fully saturated rings. The van der Waals surface area contributed by atoms with Crippen LogP contribution in [0.3, 0.4) is 0 Å². The molecule has 1 aromatic heterocycles. The number of aryl methyl sites for hydroxylation is 1. The Bertz CT molecular complexity index is 835. The highest BCUT2D eigenvalue weighted by Gasteiger charge is 2.41. The maximum absolute atomic E-state index is 13.0. The molecule has 1 atom stereocenters. The van der Waals surface area contributed by atoms with Gasteiger partial charge in [-0.25, -0.2) is 0 Å². The van der Waals surface area contributed by atoms with Crippen LogP contribution in [-0.4, -0.2) is 5.78 Å². The van der Waals surface area contributed by atoms with E-state index in [1.54, 1.807) is 11.3 Å². The van der Waals surface area contributed by atoms with Crippen LogP contribution in [0.5, 0.6) is 0 Å². The van der Waals surface area contributed by atoms with E-state index in [-0.39, 0.29) is 17.1 Å². The predicted octanol–water partition coefficient (Wildman–Crippen LogP) is 6.00. The van der Waals surface area contributed by atoms with Crippen LogP contribution in [0.4, 0.5) is 0 Å². The third-order valence-electron chi connectivity index (χ3n) is 5.60. The summed E-state index contributed by atoms with van der Waals surface area (Å²) in [5, 5.41) is 13.2. The van der Waals surface area contributed by atoms with Gasteiger partial charge in [0.05, 0.1) is 17.6 Å². The van der Waals surface area contributed by atoms with Crippen LogP contribution in [0, 0.1) is 16.7 Å². The number of hydrogen-bond acceptors (Lipinski definition) is 4. The van der Waals surface area contributed by atoms with Crippen molar-refractivity contribution >= 4 is 17.1 Å². The second kappa shape index (κ2) is 8.02. The molecule has 144 valence electrons. The molecule has 0 unspecified atom stereocenters. The maximum Gasteiger partial charge on any atom is 0.162 e. The Morgan fingerprint density at radius 1 is 1.26 bits per heavy atom. The van der Waals surface area contributed by atoms with Crippen LogP contribution < -0.4 is 5.32 Å². The highest BCUT2D eigenvalue weighted by atomic mass is 32.1. The number of dihydropyridines is 1. The molecule has 3 rings (SSSR count). The summed E-state index contributed by atoms with van der Waals surface area (Å²) >= 11 is 1.78. The van der Waals surface area contributed by atoms with Gasteiger partial charge in [0, 0.05) is 33.1 Å². The smallest absolute Gasteiger partial charge is 0.162 e. The second-order valence-corrected chi connectivity index (χ2v) is 9.86. The number of carbonyl (C=O) groups is 1. The Balaban J connectivity index is 1.92. The van der Waals surface area contributed by atoms with E-state index in [1.165, 1.54) is 30.6 Å². The number of thiophene rings is 1. The van der Waals surface area contributed by atoms with Gasteiger partial charge in [-0.2, -0.15) is 5.26 Å². The summed E-state index contributed by atoms with van der Waals surface area (Å²) in [6.45, 7) is 8.47. The number of carbonyl (C=O) groups excluding carboxylic acids is 1. The lowest BCUT2D eigenvalue weighted by Gasteiger charge is -2.38. The largest absolute Gasteiger partial charge is 0.361 e. The molecule has 0 saturated heterocycles. The number of nitrogens with zero attached hydrogens (tertiary/aromatic N) is 1. The minimum Gasteiger partial charge on any atom is -0.361 e. The lowest BCUT2D eigenvalue weighted by molar-refractivity contribution is -0.118. The number of unbranched alkanes of at least 4 members (excludes halogenated alkanes) is 3. The minimum atomic E-state index is -0.191.